The van der Waals surface area contributed by atoms with Crippen LogP contribution in [0.1, 0.15) is 18.4 Å². The van der Waals surface area contributed by atoms with Crippen molar-refractivity contribution in [2.45, 2.75) is 18.3 Å². The van der Waals surface area contributed by atoms with E-state index in [9.17, 15) is 9.18 Å². The number of halogens is 1. The van der Waals surface area contributed by atoms with Crippen LogP contribution < -0.4 is 0 Å². The Kier molecular flexibility index (Phi) is 2.37. The number of benzene rings is 1. The fraction of sp³-hybridized carbons (Fsp3) is 0.429. The largest absolute Gasteiger partial charge is 0.339 e. The molecule has 18 heavy (non-hydrogen) atoms. The van der Waals surface area contributed by atoms with Gasteiger partial charge in [-0.2, -0.15) is 5.26 Å². The van der Waals surface area contributed by atoms with Gasteiger partial charge in [-0.25, -0.2) is 4.39 Å². The summed E-state index contributed by atoms with van der Waals surface area (Å²) in [6, 6.07) is 8.63. The average molecular weight is 244 g/mol. The van der Waals surface area contributed by atoms with Gasteiger partial charge in [-0.3, -0.25) is 4.79 Å². The van der Waals surface area contributed by atoms with E-state index < -0.39 is 5.41 Å². The lowest BCUT2D eigenvalue weighted by atomic mass is 9.90. The van der Waals surface area contributed by atoms with Gasteiger partial charge in [-0.1, -0.05) is 18.2 Å². The Labute approximate surface area is 105 Å². The Balaban J connectivity index is 1.82. The Hall–Kier alpha value is -1.89. The van der Waals surface area contributed by atoms with E-state index in [4.69, 9.17) is 5.26 Å². The maximum absolute atomic E-state index is 13.8. The summed E-state index contributed by atoms with van der Waals surface area (Å²) in [5.41, 5.74) is -0.137. The molecule has 0 spiro atoms. The van der Waals surface area contributed by atoms with Crippen LogP contribution in [0.4, 0.5) is 4.39 Å². The van der Waals surface area contributed by atoms with Gasteiger partial charge in [0.05, 0.1) is 17.4 Å². The molecule has 2 aliphatic rings. The molecule has 1 aromatic carbocycles. The monoisotopic (exact) mass is 244 g/mol. The highest BCUT2D eigenvalue weighted by Crippen LogP contribution is 2.51. The Morgan fingerprint density at radius 1 is 1.39 bits per heavy atom. The number of nitrogens with zero attached hydrogens (tertiary/aromatic N) is 2. The van der Waals surface area contributed by atoms with Gasteiger partial charge in [0.1, 0.15) is 5.82 Å². The zero-order valence-corrected chi connectivity index (χ0v) is 9.90. The van der Waals surface area contributed by atoms with Gasteiger partial charge in [-0.15, -0.1) is 0 Å². The number of amides is 1. The van der Waals surface area contributed by atoms with E-state index in [0.29, 0.717) is 31.5 Å². The van der Waals surface area contributed by atoms with Gasteiger partial charge < -0.3 is 4.90 Å². The van der Waals surface area contributed by atoms with Gasteiger partial charge in [0, 0.05) is 18.7 Å². The molecule has 1 aromatic rings. The Morgan fingerprint density at radius 2 is 2.06 bits per heavy atom. The molecule has 0 aromatic heterocycles. The van der Waals surface area contributed by atoms with Crippen molar-refractivity contribution in [2.75, 3.05) is 13.1 Å². The van der Waals surface area contributed by atoms with Crippen molar-refractivity contribution in [1.29, 1.82) is 5.26 Å². The molecule has 1 saturated heterocycles. The number of carbonyl (C=O) groups excluding carboxylic acids is 1. The normalized spacial score (nSPS) is 21.0. The average Bonchev–Trinajstić information content (AvgIpc) is 3.09. The minimum atomic E-state index is -0.647. The summed E-state index contributed by atoms with van der Waals surface area (Å²) in [7, 11) is 0. The molecule has 0 radical (unpaired) electrons. The van der Waals surface area contributed by atoms with E-state index in [-0.39, 0.29) is 17.6 Å². The maximum atomic E-state index is 13.8. The summed E-state index contributed by atoms with van der Waals surface area (Å²) < 4.78 is 13.8. The summed E-state index contributed by atoms with van der Waals surface area (Å²) in [6.07, 6.45) is 1.42. The fourth-order valence-corrected chi connectivity index (χ4v) is 2.60. The van der Waals surface area contributed by atoms with Gasteiger partial charge in [-0.05, 0) is 18.9 Å². The molecule has 0 unspecified atom stereocenters. The van der Waals surface area contributed by atoms with Crippen LogP contribution in [0, 0.1) is 23.1 Å². The van der Waals surface area contributed by atoms with Crippen molar-refractivity contribution in [1.82, 2.24) is 4.90 Å². The molecule has 2 fully saturated rings. The van der Waals surface area contributed by atoms with Crippen molar-refractivity contribution in [3.05, 3.63) is 35.6 Å². The topological polar surface area (TPSA) is 44.1 Å². The van der Waals surface area contributed by atoms with Gasteiger partial charge in [0.15, 0.2) is 0 Å². The van der Waals surface area contributed by atoms with Gasteiger partial charge in [0.25, 0.3) is 0 Å². The summed E-state index contributed by atoms with van der Waals surface area (Å²) in [6.45, 7) is 0.983. The zero-order valence-electron chi connectivity index (χ0n) is 9.90. The smallest absolute Gasteiger partial charge is 0.233 e. The summed E-state index contributed by atoms with van der Waals surface area (Å²) in [4.78, 5) is 14.0. The van der Waals surface area contributed by atoms with E-state index in [0.717, 1.165) is 0 Å². The molecule has 3 rings (SSSR count). The number of rotatable bonds is 2. The quantitative estimate of drug-likeness (QED) is 0.796. The third-order valence-electron chi connectivity index (χ3n) is 3.90. The number of nitriles is 1. The molecule has 1 aliphatic carbocycles. The van der Waals surface area contributed by atoms with Crippen LogP contribution >= 0.6 is 0 Å². The second-order valence-electron chi connectivity index (χ2n) is 5.10. The van der Waals surface area contributed by atoms with Crippen LogP contribution in [-0.4, -0.2) is 23.9 Å². The van der Waals surface area contributed by atoms with Crippen LogP contribution in [0.25, 0.3) is 0 Å². The molecule has 1 heterocycles. The molecule has 1 saturated carbocycles. The fourth-order valence-electron chi connectivity index (χ4n) is 2.60. The minimum absolute atomic E-state index is 0.0147. The lowest BCUT2D eigenvalue weighted by Crippen LogP contribution is -2.53. The first-order chi connectivity index (χ1) is 8.67. The molecule has 1 aliphatic heterocycles. The molecule has 1 amide bonds. The summed E-state index contributed by atoms with van der Waals surface area (Å²) in [5.74, 6) is -0.370. The molecular weight excluding hydrogens is 231 g/mol. The molecule has 0 N–H and O–H groups in total. The van der Waals surface area contributed by atoms with Crippen LogP contribution in [-0.2, 0) is 10.2 Å². The number of carbonyl (C=O) groups is 1. The van der Waals surface area contributed by atoms with Crippen LogP contribution in [0.2, 0.25) is 0 Å². The molecule has 0 atom stereocenters. The number of hydrogen-bond donors (Lipinski definition) is 0. The van der Waals surface area contributed by atoms with Crippen molar-refractivity contribution in [3.63, 3.8) is 0 Å². The standard InChI is InChI=1S/C14H13FN2O/c15-12-4-2-1-3-11(12)14(5-6-14)13(18)17-8-10(7-16)9-17/h1-4,10H,5-6,8-9H2. The summed E-state index contributed by atoms with van der Waals surface area (Å²) in [5, 5.41) is 8.72. The van der Waals surface area contributed by atoms with E-state index in [1.54, 1.807) is 23.1 Å². The van der Waals surface area contributed by atoms with E-state index in [1.807, 2.05) is 0 Å². The van der Waals surface area contributed by atoms with Crippen LogP contribution in [0.3, 0.4) is 0 Å². The molecule has 4 heteroatoms. The highest BCUT2D eigenvalue weighted by atomic mass is 19.1. The predicted octanol–water partition coefficient (Wildman–Crippen LogP) is 1.84. The Morgan fingerprint density at radius 3 is 2.61 bits per heavy atom. The van der Waals surface area contributed by atoms with E-state index >= 15 is 0 Å². The van der Waals surface area contributed by atoms with E-state index in [1.165, 1.54) is 6.07 Å². The highest BCUT2D eigenvalue weighted by molar-refractivity contribution is 5.92. The zero-order chi connectivity index (χ0) is 12.8. The van der Waals surface area contributed by atoms with Crippen molar-refractivity contribution in [3.8, 4) is 6.07 Å². The Bertz CT molecular complexity index is 539. The first-order valence-electron chi connectivity index (χ1n) is 6.11. The number of hydrogen-bond acceptors (Lipinski definition) is 2. The minimum Gasteiger partial charge on any atom is -0.339 e. The third-order valence-corrected chi connectivity index (χ3v) is 3.90. The van der Waals surface area contributed by atoms with Crippen molar-refractivity contribution in [2.24, 2.45) is 5.92 Å². The third kappa shape index (κ3) is 1.51. The van der Waals surface area contributed by atoms with Gasteiger partial charge >= 0.3 is 0 Å². The summed E-state index contributed by atoms with van der Waals surface area (Å²) >= 11 is 0. The van der Waals surface area contributed by atoms with Crippen LogP contribution in [0.5, 0.6) is 0 Å². The highest BCUT2D eigenvalue weighted by Gasteiger charge is 2.55. The first kappa shape index (κ1) is 11.2. The lowest BCUT2D eigenvalue weighted by molar-refractivity contribution is -0.139. The maximum Gasteiger partial charge on any atom is 0.233 e. The SMILES string of the molecule is N#CC1CN(C(=O)C2(c3ccccc3F)CC2)C1. The van der Waals surface area contributed by atoms with Crippen molar-refractivity contribution >= 4 is 5.91 Å². The van der Waals surface area contributed by atoms with Crippen molar-refractivity contribution < 1.29 is 9.18 Å². The van der Waals surface area contributed by atoms with Crippen LogP contribution in [0.15, 0.2) is 24.3 Å². The molecule has 3 nitrogen and oxygen atoms in total. The second-order valence-corrected chi connectivity index (χ2v) is 5.10. The second kappa shape index (κ2) is 3.81. The first-order valence-corrected chi connectivity index (χ1v) is 6.11. The molecular formula is C14H13FN2O. The molecule has 92 valence electrons. The lowest BCUT2D eigenvalue weighted by Gasteiger charge is -2.38. The van der Waals surface area contributed by atoms with Gasteiger partial charge in [0.2, 0.25) is 5.91 Å². The number of likely N-dealkylation sites (tertiary alicyclic amines) is 1. The molecule has 0 bridgehead atoms. The predicted molar refractivity (Wildman–Crippen MR) is 63.0 cm³/mol. The van der Waals surface area contributed by atoms with E-state index in [2.05, 4.69) is 6.07 Å².